The molecule has 0 aromatic heterocycles. The van der Waals surface area contributed by atoms with Crippen molar-refractivity contribution < 1.29 is 19.1 Å². The van der Waals surface area contributed by atoms with Gasteiger partial charge in [-0.05, 0) is 73.6 Å². The first-order valence-corrected chi connectivity index (χ1v) is 11.1. The molecule has 0 spiro atoms. The SMILES string of the molecule is CCOC(=O)c1ccc(N=C2S/C(=C/c3cc(Cl)c(OCC)c(Cl)c3)C(=O)N2C)cc1. The Hall–Kier alpha value is -2.48. The van der Waals surface area contributed by atoms with Gasteiger partial charge in [-0.25, -0.2) is 9.79 Å². The Kier molecular flexibility index (Phi) is 7.64. The van der Waals surface area contributed by atoms with Gasteiger partial charge in [0.15, 0.2) is 10.9 Å². The molecule has 3 rings (SSSR count). The molecular formula is C22H20Cl2N2O4S. The van der Waals surface area contributed by atoms with E-state index >= 15 is 0 Å². The highest BCUT2D eigenvalue weighted by atomic mass is 35.5. The van der Waals surface area contributed by atoms with Gasteiger partial charge in [-0.1, -0.05) is 23.2 Å². The maximum Gasteiger partial charge on any atom is 0.338 e. The van der Waals surface area contributed by atoms with Crippen LogP contribution in [0.5, 0.6) is 5.75 Å². The minimum atomic E-state index is -0.387. The van der Waals surface area contributed by atoms with Crippen LogP contribution in [0.2, 0.25) is 10.0 Å². The van der Waals surface area contributed by atoms with Crippen LogP contribution in [-0.4, -0.2) is 42.2 Å². The Morgan fingerprint density at radius 2 is 1.77 bits per heavy atom. The van der Waals surface area contributed by atoms with Gasteiger partial charge in [0.2, 0.25) is 0 Å². The minimum absolute atomic E-state index is 0.187. The van der Waals surface area contributed by atoms with Crippen LogP contribution in [0.4, 0.5) is 5.69 Å². The molecule has 162 valence electrons. The van der Waals surface area contributed by atoms with Crippen molar-refractivity contribution in [3.8, 4) is 5.75 Å². The fraction of sp³-hybridized carbons (Fsp3) is 0.227. The summed E-state index contributed by atoms with van der Waals surface area (Å²) in [6.45, 7) is 4.35. The standard InChI is InChI=1S/C22H20Cl2N2O4S/c1-4-29-19-16(23)10-13(11-17(19)24)12-18-20(27)26(3)22(31-18)25-15-8-6-14(7-9-15)21(28)30-5-2/h6-12H,4-5H2,1-3H3/b18-12+,25-22?. The van der Waals surface area contributed by atoms with Crippen LogP contribution in [0.15, 0.2) is 46.3 Å². The van der Waals surface area contributed by atoms with Crippen molar-refractivity contribution in [3.05, 3.63) is 62.5 Å². The van der Waals surface area contributed by atoms with E-state index in [0.29, 0.717) is 55.9 Å². The van der Waals surface area contributed by atoms with Gasteiger partial charge in [-0.15, -0.1) is 0 Å². The smallest absolute Gasteiger partial charge is 0.338 e. The predicted octanol–water partition coefficient (Wildman–Crippen LogP) is 5.80. The summed E-state index contributed by atoms with van der Waals surface area (Å²) in [5.41, 5.74) is 1.74. The molecule has 1 aliphatic rings. The lowest BCUT2D eigenvalue weighted by molar-refractivity contribution is -0.121. The molecule has 0 radical (unpaired) electrons. The van der Waals surface area contributed by atoms with Crippen LogP contribution in [0.25, 0.3) is 6.08 Å². The van der Waals surface area contributed by atoms with Crippen LogP contribution in [0.1, 0.15) is 29.8 Å². The number of ether oxygens (including phenoxy) is 2. The molecule has 1 heterocycles. The number of benzene rings is 2. The van der Waals surface area contributed by atoms with Crippen LogP contribution in [-0.2, 0) is 9.53 Å². The van der Waals surface area contributed by atoms with Crippen molar-refractivity contribution in [3.63, 3.8) is 0 Å². The molecule has 1 aliphatic heterocycles. The number of carbonyl (C=O) groups excluding carboxylic acids is 2. The average Bonchev–Trinajstić information content (AvgIpc) is 2.99. The first-order valence-electron chi connectivity index (χ1n) is 9.49. The lowest BCUT2D eigenvalue weighted by Gasteiger charge is -2.09. The Labute approximate surface area is 194 Å². The quantitative estimate of drug-likeness (QED) is 0.387. The number of thioether (sulfide) groups is 1. The monoisotopic (exact) mass is 478 g/mol. The number of carbonyl (C=O) groups is 2. The van der Waals surface area contributed by atoms with Gasteiger partial charge in [-0.3, -0.25) is 9.69 Å². The Morgan fingerprint density at radius 3 is 2.35 bits per heavy atom. The molecule has 0 aliphatic carbocycles. The normalized spacial score (nSPS) is 16.3. The molecule has 2 aromatic carbocycles. The topological polar surface area (TPSA) is 68.2 Å². The molecule has 0 atom stereocenters. The summed E-state index contributed by atoms with van der Waals surface area (Å²) in [5, 5.41) is 1.27. The molecule has 6 nitrogen and oxygen atoms in total. The number of halogens is 2. The summed E-state index contributed by atoms with van der Waals surface area (Å²) in [6, 6.07) is 10.1. The summed E-state index contributed by atoms with van der Waals surface area (Å²) in [4.78, 5) is 30.9. The van der Waals surface area contributed by atoms with Gasteiger partial charge in [-0.2, -0.15) is 0 Å². The van der Waals surface area contributed by atoms with E-state index in [9.17, 15) is 9.59 Å². The highest BCUT2D eigenvalue weighted by Crippen LogP contribution is 2.37. The zero-order valence-electron chi connectivity index (χ0n) is 17.1. The minimum Gasteiger partial charge on any atom is -0.491 e. The van der Waals surface area contributed by atoms with Crippen molar-refractivity contribution in [2.45, 2.75) is 13.8 Å². The molecule has 0 unspecified atom stereocenters. The lowest BCUT2D eigenvalue weighted by atomic mass is 10.2. The number of likely N-dealkylation sites (N-methyl/N-ethyl adjacent to an activating group) is 1. The van der Waals surface area contributed by atoms with E-state index in [0.717, 1.165) is 0 Å². The first-order chi connectivity index (χ1) is 14.8. The summed E-state index contributed by atoms with van der Waals surface area (Å²) in [6.07, 6.45) is 1.71. The second-order valence-corrected chi connectivity index (χ2v) is 8.21. The van der Waals surface area contributed by atoms with E-state index in [1.165, 1.54) is 16.7 Å². The van der Waals surface area contributed by atoms with Gasteiger partial charge < -0.3 is 9.47 Å². The average molecular weight is 479 g/mol. The van der Waals surface area contributed by atoms with Crippen molar-refractivity contribution in [2.75, 3.05) is 20.3 Å². The second kappa shape index (κ2) is 10.2. The van der Waals surface area contributed by atoms with Gasteiger partial charge in [0.25, 0.3) is 5.91 Å². The van der Waals surface area contributed by atoms with Gasteiger partial charge in [0, 0.05) is 7.05 Å². The summed E-state index contributed by atoms with van der Waals surface area (Å²) in [7, 11) is 1.65. The third kappa shape index (κ3) is 5.42. The summed E-state index contributed by atoms with van der Waals surface area (Å²) < 4.78 is 10.4. The third-order valence-corrected chi connectivity index (χ3v) is 5.84. The molecule has 0 bridgehead atoms. The molecule has 1 amide bonds. The fourth-order valence-electron chi connectivity index (χ4n) is 2.74. The van der Waals surface area contributed by atoms with Gasteiger partial charge >= 0.3 is 5.97 Å². The molecule has 1 saturated heterocycles. The largest absolute Gasteiger partial charge is 0.491 e. The Morgan fingerprint density at radius 1 is 1.13 bits per heavy atom. The highest BCUT2D eigenvalue weighted by molar-refractivity contribution is 8.18. The molecule has 0 N–H and O–H groups in total. The van der Waals surface area contributed by atoms with Gasteiger partial charge in [0.05, 0.1) is 39.4 Å². The van der Waals surface area contributed by atoms with Crippen LogP contribution in [0, 0.1) is 0 Å². The third-order valence-electron chi connectivity index (χ3n) is 4.21. The molecular weight excluding hydrogens is 459 g/mol. The Bertz CT molecular complexity index is 1040. The summed E-state index contributed by atoms with van der Waals surface area (Å²) in [5.74, 6) is -0.154. The lowest BCUT2D eigenvalue weighted by Crippen LogP contribution is -2.23. The summed E-state index contributed by atoms with van der Waals surface area (Å²) >= 11 is 13.8. The number of amides is 1. The van der Waals surface area contributed by atoms with Crippen molar-refractivity contribution in [2.24, 2.45) is 4.99 Å². The van der Waals surface area contributed by atoms with E-state index in [2.05, 4.69) is 4.99 Å². The second-order valence-electron chi connectivity index (χ2n) is 6.38. The van der Waals surface area contributed by atoms with E-state index in [1.54, 1.807) is 56.4 Å². The van der Waals surface area contributed by atoms with Gasteiger partial charge in [0.1, 0.15) is 0 Å². The molecule has 9 heteroatoms. The maximum absolute atomic E-state index is 12.7. The van der Waals surface area contributed by atoms with Crippen LogP contribution in [0.3, 0.4) is 0 Å². The molecule has 0 saturated carbocycles. The first kappa shape index (κ1) is 23.2. The Balaban J connectivity index is 1.83. The van der Waals surface area contributed by atoms with Crippen molar-refractivity contribution in [1.29, 1.82) is 0 Å². The molecule has 31 heavy (non-hydrogen) atoms. The number of amidine groups is 1. The van der Waals surface area contributed by atoms with Crippen molar-refractivity contribution in [1.82, 2.24) is 4.90 Å². The fourth-order valence-corrected chi connectivity index (χ4v) is 4.34. The number of esters is 1. The molecule has 1 fully saturated rings. The van der Waals surface area contributed by atoms with E-state index in [1.807, 2.05) is 6.92 Å². The number of hydrogen-bond donors (Lipinski definition) is 0. The zero-order valence-corrected chi connectivity index (χ0v) is 19.5. The highest BCUT2D eigenvalue weighted by Gasteiger charge is 2.30. The number of aliphatic imine (C=N–C) groups is 1. The van der Waals surface area contributed by atoms with E-state index in [-0.39, 0.29) is 11.9 Å². The predicted molar refractivity (Wildman–Crippen MR) is 125 cm³/mol. The number of rotatable bonds is 6. The van der Waals surface area contributed by atoms with E-state index < -0.39 is 0 Å². The number of hydrogen-bond acceptors (Lipinski definition) is 6. The van der Waals surface area contributed by atoms with Crippen molar-refractivity contribution >= 4 is 63.8 Å². The number of nitrogens with zero attached hydrogens (tertiary/aromatic N) is 2. The zero-order chi connectivity index (χ0) is 22.5. The molecule has 2 aromatic rings. The van der Waals surface area contributed by atoms with Crippen LogP contribution < -0.4 is 4.74 Å². The van der Waals surface area contributed by atoms with Crippen LogP contribution >= 0.6 is 35.0 Å². The maximum atomic E-state index is 12.7. The van der Waals surface area contributed by atoms with E-state index in [4.69, 9.17) is 32.7 Å².